The van der Waals surface area contributed by atoms with Crippen LogP contribution < -0.4 is 11.3 Å². The summed E-state index contributed by atoms with van der Waals surface area (Å²) in [5.74, 6) is -0.230. The highest BCUT2D eigenvalue weighted by Crippen LogP contribution is 2.17. The molecule has 0 spiro atoms. The van der Waals surface area contributed by atoms with Gasteiger partial charge in [0.25, 0.3) is 5.56 Å². The van der Waals surface area contributed by atoms with E-state index in [9.17, 15) is 14.0 Å². The summed E-state index contributed by atoms with van der Waals surface area (Å²) in [6.07, 6.45) is 2.26. The number of carbonyl (C=O) groups is 1. The summed E-state index contributed by atoms with van der Waals surface area (Å²) >= 11 is 0. The van der Waals surface area contributed by atoms with Crippen molar-refractivity contribution in [3.8, 4) is 0 Å². The van der Waals surface area contributed by atoms with Crippen molar-refractivity contribution in [1.82, 2.24) is 9.47 Å². The summed E-state index contributed by atoms with van der Waals surface area (Å²) in [5, 5.41) is 0. The Morgan fingerprint density at radius 3 is 2.64 bits per heavy atom. The second-order valence-electron chi connectivity index (χ2n) is 6.44. The van der Waals surface area contributed by atoms with Crippen molar-refractivity contribution < 1.29 is 9.18 Å². The summed E-state index contributed by atoms with van der Waals surface area (Å²) < 4.78 is 14.2. The van der Waals surface area contributed by atoms with Crippen LogP contribution in [-0.4, -0.2) is 41.2 Å². The average Bonchev–Trinajstić information content (AvgIpc) is 2.41. The fourth-order valence-corrected chi connectivity index (χ4v) is 2.73. The molecule has 0 aromatic carbocycles. The zero-order valence-electron chi connectivity index (χ0n) is 13.2. The molecule has 5 nitrogen and oxygen atoms in total. The Morgan fingerprint density at radius 2 is 2.09 bits per heavy atom. The van der Waals surface area contributed by atoms with Crippen LogP contribution in [0.25, 0.3) is 0 Å². The quantitative estimate of drug-likeness (QED) is 0.820. The molecule has 1 aromatic rings. The van der Waals surface area contributed by atoms with Crippen molar-refractivity contribution >= 4 is 5.91 Å². The fourth-order valence-electron chi connectivity index (χ4n) is 2.73. The number of rotatable bonds is 7. The molecule has 0 bridgehead atoms. The van der Waals surface area contributed by atoms with Crippen LogP contribution in [0.3, 0.4) is 0 Å². The van der Waals surface area contributed by atoms with E-state index in [1.807, 2.05) is 18.7 Å². The predicted octanol–water partition coefficient (Wildman–Crippen LogP) is 1.12. The molecule has 1 saturated heterocycles. The number of hydrogen-bond acceptors (Lipinski definition) is 3. The summed E-state index contributed by atoms with van der Waals surface area (Å²) in [7, 11) is 0. The molecule has 22 heavy (non-hydrogen) atoms. The highest BCUT2D eigenvalue weighted by molar-refractivity contribution is 5.78. The van der Waals surface area contributed by atoms with E-state index < -0.39 is 18.1 Å². The smallest absolute Gasteiger partial charge is 0.251 e. The van der Waals surface area contributed by atoms with Gasteiger partial charge in [0.1, 0.15) is 12.2 Å². The minimum Gasteiger partial charge on any atom is -0.368 e. The number of likely N-dealkylation sites (tertiary alicyclic amines) is 1. The van der Waals surface area contributed by atoms with Crippen molar-refractivity contribution in [1.29, 1.82) is 0 Å². The molecular formula is C16H24FN3O2. The van der Waals surface area contributed by atoms with E-state index in [4.69, 9.17) is 5.73 Å². The van der Waals surface area contributed by atoms with Gasteiger partial charge in [-0.1, -0.05) is 19.9 Å². The predicted molar refractivity (Wildman–Crippen MR) is 83.4 cm³/mol. The number of amides is 1. The van der Waals surface area contributed by atoms with Gasteiger partial charge < -0.3 is 10.3 Å². The van der Waals surface area contributed by atoms with Crippen LogP contribution in [-0.2, 0) is 11.2 Å². The van der Waals surface area contributed by atoms with E-state index in [1.54, 1.807) is 12.3 Å². The van der Waals surface area contributed by atoms with E-state index in [2.05, 4.69) is 0 Å². The normalized spacial score (nSPS) is 17.5. The maximum Gasteiger partial charge on any atom is 0.251 e. The molecule has 122 valence electrons. The second kappa shape index (κ2) is 7.05. The first-order valence-corrected chi connectivity index (χ1v) is 7.73. The minimum absolute atomic E-state index is 0.221. The first-order valence-electron chi connectivity index (χ1n) is 7.73. The number of hydrogen-bond donors (Lipinski definition) is 1. The molecular weight excluding hydrogens is 285 g/mol. The van der Waals surface area contributed by atoms with Gasteiger partial charge in [0.15, 0.2) is 0 Å². The first-order chi connectivity index (χ1) is 10.4. The number of alkyl halides is 1. The lowest BCUT2D eigenvalue weighted by Gasteiger charge is -2.34. The maximum absolute atomic E-state index is 12.8. The van der Waals surface area contributed by atoms with Crippen molar-refractivity contribution in [2.45, 2.75) is 38.9 Å². The fraction of sp³-hybridized carbons (Fsp3) is 0.625. The molecule has 1 unspecified atom stereocenters. The number of nitrogens with zero attached hydrogens (tertiary/aromatic N) is 2. The van der Waals surface area contributed by atoms with Crippen molar-refractivity contribution in [3.05, 3.63) is 34.2 Å². The SMILES string of the molecule is CC(C)CC(C(N)=O)n1cc(CCN2CC(F)C2)ccc1=O. The number of nitrogens with two attached hydrogens (primary N) is 1. The lowest BCUT2D eigenvalue weighted by molar-refractivity contribution is -0.121. The molecule has 1 aliphatic rings. The molecule has 0 radical (unpaired) electrons. The average molecular weight is 309 g/mol. The first kappa shape index (κ1) is 16.7. The van der Waals surface area contributed by atoms with Gasteiger partial charge in [-0.25, -0.2) is 4.39 Å². The molecule has 1 fully saturated rings. The molecule has 0 aliphatic carbocycles. The van der Waals surface area contributed by atoms with Gasteiger partial charge >= 0.3 is 0 Å². The highest BCUT2D eigenvalue weighted by atomic mass is 19.1. The molecule has 0 saturated carbocycles. The van der Waals surface area contributed by atoms with Crippen LogP contribution in [0.4, 0.5) is 4.39 Å². The van der Waals surface area contributed by atoms with E-state index in [-0.39, 0.29) is 11.5 Å². The van der Waals surface area contributed by atoms with E-state index in [0.29, 0.717) is 19.5 Å². The molecule has 1 aliphatic heterocycles. The monoisotopic (exact) mass is 309 g/mol. The summed E-state index contributed by atoms with van der Waals surface area (Å²) in [6.45, 7) is 5.70. The van der Waals surface area contributed by atoms with Crippen molar-refractivity contribution in [3.63, 3.8) is 0 Å². The third-order valence-corrected chi connectivity index (χ3v) is 3.99. The lowest BCUT2D eigenvalue weighted by atomic mass is 10.0. The third-order valence-electron chi connectivity index (χ3n) is 3.99. The van der Waals surface area contributed by atoms with E-state index in [1.165, 1.54) is 10.6 Å². The van der Waals surface area contributed by atoms with Gasteiger partial charge in [0.05, 0.1) is 0 Å². The molecule has 2 rings (SSSR count). The topological polar surface area (TPSA) is 68.3 Å². The van der Waals surface area contributed by atoms with Crippen LogP contribution >= 0.6 is 0 Å². The Kier molecular flexibility index (Phi) is 5.34. The molecule has 1 atom stereocenters. The maximum atomic E-state index is 12.8. The van der Waals surface area contributed by atoms with Gasteiger partial charge in [-0.05, 0) is 24.3 Å². The number of carbonyl (C=O) groups excluding carboxylic acids is 1. The van der Waals surface area contributed by atoms with Crippen LogP contribution in [0, 0.1) is 5.92 Å². The summed E-state index contributed by atoms with van der Waals surface area (Å²) in [6, 6.07) is 2.62. The van der Waals surface area contributed by atoms with Crippen LogP contribution in [0.5, 0.6) is 0 Å². The number of aromatic nitrogens is 1. The Morgan fingerprint density at radius 1 is 1.41 bits per heavy atom. The van der Waals surface area contributed by atoms with Gasteiger partial charge in [-0.2, -0.15) is 0 Å². The number of pyridine rings is 1. The van der Waals surface area contributed by atoms with E-state index >= 15 is 0 Å². The summed E-state index contributed by atoms with van der Waals surface area (Å²) in [4.78, 5) is 25.7. The van der Waals surface area contributed by atoms with Gasteiger partial charge in [-0.3, -0.25) is 14.5 Å². The highest BCUT2D eigenvalue weighted by Gasteiger charge is 2.25. The lowest BCUT2D eigenvalue weighted by Crippen LogP contribution is -2.48. The summed E-state index contributed by atoms with van der Waals surface area (Å²) in [5.41, 5.74) is 6.19. The van der Waals surface area contributed by atoms with Gasteiger partial charge in [0.2, 0.25) is 5.91 Å². The molecule has 1 amide bonds. The van der Waals surface area contributed by atoms with Crippen molar-refractivity contribution in [2.24, 2.45) is 11.7 Å². The number of primary amides is 1. The van der Waals surface area contributed by atoms with Crippen molar-refractivity contribution in [2.75, 3.05) is 19.6 Å². The Balaban J connectivity index is 2.10. The Bertz CT molecular complexity index is 579. The Labute approximate surface area is 129 Å². The standard InChI is InChI=1S/C16H24FN3O2/c1-11(2)7-14(16(18)22)20-8-12(3-4-15(20)21)5-6-19-9-13(17)10-19/h3-4,8,11,13-14H,5-7,9-10H2,1-2H3,(H2,18,22). The molecule has 1 aromatic heterocycles. The molecule has 6 heteroatoms. The molecule has 2 N–H and O–H groups in total. The second-order valence-corrected chi connectivity index (χ2v) is 6.44. The van der Waals surface area contributed by atoms with Crippen LogP contribution in [0.15, 0.2) is 23.1 Å². The van der Waals surface area contributed by atoms with Gasteiger partial charge in [0, 0.05) is 31.9 Å². The third kappa shape index (κ3) is 4.16. The molecule has 2 heterocycles. The zero-order valence-corrected chi connectivity index (χ0v) is 13.2. The zero-order chi connectivity index (χ0) is 16.3. The minimum atomic E-state index is -0.709. The van der Waals surface area contributed by atoms with Crippen LogP contribution in [0.1, 0.15) is 31.9 Å². The number of halogens is 1. The van der Waals surface area contributed by atoms with E-state index in [0.717, 1.165) is 18.5 Å². The van der Waals surface area contributed by atoms with Crippen LogP contribution in [0.2, 0.25) is 0 Å². The van der Waals surface area contributed by atoms with Gasteiger partial charge in [-0.15, -0.1) is 0 Å². The Hall–Kier alpha value is -1.69. The largest absolute Gasteiger partial charge is 0.368 e.